The van der Waals surface area contributed by atoms with Crippen LogP contribution in [0.15, 0.2) is 0 Å². The van der Waals surface area contributed by atoms with Crippen LogP contribution in [0.2, 0.25) is 0 Å². The van der Waals surface area contributed by atoms with E-state index >= 15 is 0 Å². The molecule has 0 aromatic carbocycles. The number of hydrogen-bond donors (Lipinski definition) is 5. The van der Waals surface area contributed by atoms with E-state index in [9.17, 15) is 47.8 Å². The van der Waals surface area contributed by atoms with Crippen LogP contribution in [0.25, 0.3) is 0 Å². The van der Waals surface area contributed by atoms with Crippen LogP contribution in [0.4, 0.5) is 0 Å². The SMILES string of the molecule is CCCCCCCCC(CCCCCCCC)(C(=O)O)C(O)(C(=O)O)C(C(=O)O)S(=O)(=O)O. The third kappa shape index (κ3) is 8.53. The molecule has 0 aliphatic heterocycles. The second-order valence-corrected chi connectivity index (χ2v) is 10.2. The van der Waals surface area contributed by atoms with Crippen LogP contribution in [-0.4, -0.2) is 62.2 Å². The summed E-state index contributed by atoms with van der Waals surface area (Å²) in [5.74, 6) is -6.45. The van der Waals surface area contributed by atoms with E-state index in [0.29, 0.717) is 12.8 Å². The maximum absolute atomic E-state index is 12.5. The van der Waals surface area contributed by atoms with Gasteiger partial charge in [0.25, 0.3) is 10.1 Å². The summed E-state index contributed by atoms with van der Waals surface area (Å²) in [6, 6.07) is 0. The number of aliphatic hydroxyl groups is 1. The van der Waals surface area contributed by atoms with Crippen LogP contribution in [-0.2, 0) is 24.5 Å². The lowest BCUT2D eigenvalue weighted by Gasteiger charge is -2.43. The molecule has 0 saturated carbocycles. The Balaban J connectivity index is 6.22. The first kappa shape index (κ1) is 31.3. The van der Waals surface area contributed by atoms with Crippen molar-refractivity contribution in [3.05, 3.63) is 0 Å². The van der Waals surface area contributed by atoms with Crippen molar-refractivity contribution >= 4 is 28.0 Å². The number of carboxylic acid groups (broad SMARTS) is 3. The highest BCUT2D eigenvalue weighted by atomic mass is 32.2. The quantitative estimate of drug-likeness (QED) is 0.123. The Hall–Kier alpha value is -1.72. The molecule has 0 saturated heterocycles. The Morgan fingerprint density at radius 3 is 1.33 bits per heavy atom. The summed E-state index contributed by atoms with van der Waals surface area (Å²) < 4.78 is 33.2. The monoisotopic (exact) mass is 496 g/mol. The molecule has 0 bridgehead atoms. The fourth-order valence-electron chi connectivity index (χ4n) is 4.39. The Bertz CT molecular complexity index is 717. The zero-order valence-corrected chi connectivity index (χ0v) is 20.5. The van der Waals surface area contributed by atoms with E-state index in [1.807, 2.05) is 13.8 Å². The van der Waals surface area contributed by atoms with Gasteiger partial charge < -0.3 is 20.4 Å². The molecule has 0 heterocycles. The van der Waals surface area contributed by atoms with Gasteiger partial charge in [0, 0.05) is 0 Å². The van der Waals surface area contributed by atoms with Crippen LogP contribution in [0.3, 0.4) is 0 Å². The molecule has 10 nitrogen and oxygen atoms in total. The average molecular weight is 497 g/mol. The molecule has 0 aliphatic carbocycles. The van der Waals surface area contributed by atoms with Gasteiger partial charge in [-0.3, -0.25) is 14.1 Å². The molecule has 0 amide bonds. The standard InChI is InChI=1S/C22H40O10S/c1-3-5-7-9-11-13-15-21(19(25)26,16-14-12-10-8-6-4-2)22(29,20(27)28)17(18(23)24)33(30,31)32/h17,29H,3-16H2,1-2H3,(H,23,24)(H,25,26)(H,27,28)(H,30,31,32). The maximum Gasteiger partial charge on any atom is 0.339 e. The summed E-state index contributed by atoms with van der Waals surface area (Å²) in [6.45, 7) is 4.04. The van der Waals surface area contributed by atoms with E-state index in [0.717, 1.165) is 51.4 Å². The van der Waals surface area contributed by atoms with Crippen LogP contribution in [0, 0.1) is 5.41 Å². The molecule has 2 unspecified atom stereocenters. The Kier molecular flexibility index (Phi) is 13.8. The Morgan fingerprint density at radius 1 is 0.697 bits per heavy atom. The molecule has 2 atom stereocenters. The van der Waals surface area contributed by atoms with Crippen LogP contribution in [0.1, 0.15) is 104 Å². The van der Waals surface area contributed by atoms with Crippen molar-refractivity contribution in [2.45, 2.75) is 115 Å². The highest BCUT2D eigenvalue weighted by Gasteiger charge is 2.69. The molecule has 0 fully saturated rings. The molecule has 0 aromatic heterocycles. The van der Waals surface area contributed by atoms with E-state index in [4.69, 9.17) is 0 Å². The number of hydrogen-bond acceptors (Lipinski definition) is 6. The lowest BCUT2D eigenvalue weighted by Crippen LogP contribution is -2.68. The largest absolute Gasteiger partial charge is 0.481 e. The predicted octanol–water partition coefficient (Wildman–Crippen LogP) is 3.72. The molecule has 5 N–H and O–H groups in total. The highest BCUT2D eigenvalue weighted by molar-refractivity contribution is 7.87. The lowest BCUT2D eigenvalue weighted by molar-refractivity contribution is -0.195. The van der Waals surface area contributed by atoms with Gasteiger partial charge in [0.15, 0.2) is 0 Å². The van der Waals surface area contributed by atoms with Gasteiger partial charge in [0.05, 0.1) is 0 Å². The number of rotatable bonds is 20. The zero-order chi connectivity index (χ0) is 25.7. The summed E-state index contributed by atoms with van der Waals surface area (Å²) in [4.78, 5) is 36.3. The van der Waals surface area contributed by atoms with E-state index in [-0.39, 0.29) is 12.8 Å². The third-order valence-electron chi connectivity index (χ3n) is 6.28. The second-order valence-electron chi connectivity index (χ2n) is 8.73. The molecular weight excluding hydrogens is 456 g/mol. The molecule has 194 valence electrons. The number of unbranched alkanes of at least 4 members (excludes halogenated alkanes) is 10. The average Bonchev–Trinajstić information content (AvgIpc) is 2.69. The van der Waals surface area contributed by atoms with Crippen molar-refractivity contribution in [3.8, 4) is 0 Å². The topological polar surface area (TPSA) is 186 Å². The van der Waals surface area contributed by atoms with Gasteiger partial charge in [-0.25, -0.2) is 4.79 Å². The van der Waals surface area contributed by atoms with Crippen molar-refractivity contribution in [3.63, 3.8) is 0 Å². The fourth-order valence-corrected chi connectivity index (χ4v) is 5.40. The van der Waals surface area contributed by atoms with Crippen molar-refractivity contribution in [1.29, 1.82) is 0 Å². The minimum atomic E-state index is -5.66. The fraction of sp³-hybridized carbons (Fsp3) is 0.864. The lowest BCUT2D eigenvalue weighted by atomic mass is 9.63. The molecule has 0 rings (SSSR count). The number of aliphatic carboxylic acids is 3. The van der Waals surface area contributed by atoms with Crippen molar-refractivity contribution in [1.82, 2.24) is 0 Å². The molecule has 0 radical (unpaired) electrons. The van der Waals surface area contributed by atoms with E-state index in [2.05, 4.69) is 0 Å². The van der Waals surface area contributed by atoms with E-state index in [1.54, 1.807) is 0 Å². The van der Waals surface area contributed by atoms with Crippen molar-refractivity contribution < 1.29 is 47.8 Å². The van der Waals surface area contributed by atoms with Gasteiger partial charge in [-0.15, -0.1) is 0 Å². The van der Waals surface area contributed by atoms with Crippen molar-refractivity contribution in [2.24, 2.45) is 5.41 Å². The summed E-state index contributed by atoms with van der Waals surface area (Å²) in [5, 5.41) is 37.2. The minimum absolute atomic E-state index is 0.152. The van der Waals surface area contributed by atoms with Gasteiger partial charge in [-0.1, -0.05) is 90.9 Å². The molecule has 33 heavy (non-hydrogen) atoms. The second kappa shape index (κ2) is 14.5. The summed E-state index contributed by atoms with van der Waals surface area (Å²) in [6.07, 6.45) is 7.52. The maximum atomic E-state index is 12.5. The van der Waals surface area contributed by atoms with E-state index < -0.39 is 57.1 Å². The molecule has 0 spiro atoms. The predicted molar refractivity (Wildman–Crippen MR) is 122 cm³/mol. The highest BCUT2D eigenvalue weighted by Crippen LogP contribution is 2.46. The summed E-state index contributed by atoms with van der Waals surface area (Å²) >= 11 is 0. The minimum Gasteiger partial charge on any atom is -0.481 e. The van der Waals surface area contributed by atoms with Crippen LogP contribution < -0.4 is 0 Å². The van der Waals surface area contributed by atoms with Crippen LogP contribution in [0.5, 0.6) is 0 Å². The first-order valence-corrected chi connectivity index (χ1v) is 13.2. The molecule has 0 aliphatic rings. The Morgan fingerprint density at radius 2 is 1.06 bits per heavy atom. The van der Waals surface area contributed by atoms with Crippen LogP contribution >= 0.6 is 0 Å². The zero-order valence-electron chi connectivity index (χ0n) is 19.7. The molecule has 11 heteroatoms. The van der Waals surface area contributed by atoms with Gasteiger partial charge >= 0.3 is 17.9 Å². The summed E-state index contributed by atoms with van der Waals surface area (Å²) in [7, 11) is -5.66. The third-order valence-corrected chi connectivity index (χ3v) is 7.42. The first-order valence-electron chi connectivity index (χ1n) is 11.7. The number of carbonyl (C=O) groups is 3. The van der Waals surface area contributed by atoms with E-state index in [1.165, 1.54) is 0 Å². The molecule has 0 aromatic rings. The van der Waals surface area contributed by atoms with Crippen molar-refractivity contribution in [2.75, 3.05) is 0 Å². The van der Waals surface area contributed by atoms with Gasteiger partial charge in [0.1, 0.15) is 5.41 Å². The normalized spacial score (nSPS) is 15.0. The molecular formula is C22H40O10S. The van der Waals surface area contributed by atoms with Gasteiger partial charge in [-0.2, -0.15) is 8.42 Å². The van der Waals surface area contributed by atoms with Gasteiger partial charge in [0.2, 0.25) is 10.9 Å². The Labute approximate surface area is 196 Å². The number of carboxylic acids is 3. The first-order chi connectivity index (χ1) is 15.3. The van der Waals surface area contributed by atoms with Gasteiger partial charge in [-0.05, 0) is 12.8 Å². The smallest absolute Gasteiger partial charge is 0.339 e. The summed E-state index contributed by atoms with van der Waals surface area (Å²) in [5.41, 5.74) is -6.39.